The van der Waals surface area contributed by atoms with Gasteiger partial charge >= 0.3 is 0 Å². The lowest BCUT2D eigenvalue weighted by atomic mass is 10.0. The van der Waals surface area contributed by atoms with Gasteiger partial charge in [-0.25, -0.2) is 8.78 Å². The van der Waals surface area contributed by atoms with Gasteiger partial charge in [-0.15, -0.1) is 12.4 Å². The highest BCUT2D eigenvalue weighted by molar-refractivity contribution is 5.85. The third-order valence-electron chi connectivity index (χ3n) is 2.70. The molecular weight excluding hydrogens is 286 g/mol. The molecule has 0 saturated carbocycles. The van der Waals surface area contributed by atoms with Gasteiger partial charge < -0.3 is 11.1 Å². The lowest BCUT2D eigenvalue weighted by Gasteiger charge is -2.14. The zero-order valence-electron chi connectivity index (χ0n) is 11.7. The van der Waals surface area contributed by atoms with Crippen molar-refractivity contribution in [1.29, 1.82) is 0 Å². The standard InChI is InChI=1S/C14H20F2N2O.ClH/c1-9(2)5-13(17)14(19)18-4-3-10-6-11(15)8-12(16)7-10;/h6-9,13H,3-5,17H2,1-2H3,(H,18,19);1H/t13-;/m0./s1. The number of rotatable bonds is 6. The smallest absolute Gasteiger partial charge is 0.236 e. The van der Waals surface area contributed by atoms with E-state index in [2.05, 4.69) is 5.32 Å². The van der Waals surface area contributed by atoms with Crippen LogP contribution in [-0.2, 0) is 11.2 Å². The van der Waals surface area contributed by atoms with E-state index in [4.69, 9.17) is 5.73 Å². The predicted molar refractivity (Wildman–Crippen MR) is 77.8 cm³/mol. The Morgan fingerprint density at radius 3 is 2.30 bits per heavy atom. The number of nitrogens with one attached hydrogen (secondary N) is 1. The van der Waals surface area contributed by atoms with Crippen molar-refractivity contribution in [3.05, 3.63) is 35.4 Å². The fourth-order valence-corrected chi connectivity index (χ4v) is 1.83. The number of carbonyl (C=O) groups is 1. The molecule has 0 aliphatic rings. The molecule has 0 saturated heterocycles. The average molecular weight is 307 g/mol. The normalized spacial score (nSPS) is 11.9. The number of halogens is 3. The molecule has 3 nitrogen and oxygen atoms in total. The molecule has 0 fully saturated rings. The van der Waals surface area contributed by atoms with Crippen molar-refractivity contribution in [1.82, 2.24) is 5.32 Å². The molecule has 0 aromatic heterocycles. The Balaban J connectivity index is 0.00000361. The van der Waals surface area contributed by atoms with E-state index in [9.17, 15) is 13.6 Å². The highest BCUT2D eigenvalue weighted by Crippen LogP contribution is 2.08. The molecule has 0 aliphatic heterocycles. The maximum absolute atomic E-state index is 12.9. The predicted octanol–water partition coefficient (Wildman–Crippen LogP) is 2.42. The Hall–Kier alpha value is -1.20. The molecule has 0 bridgehead atoms. The van der Waals surface area contributed by atoms with Gasteiger partial charge in [0.25, 0.3) is 0 Å². The summed E-state index contributed by atoms with van der Waals surface area (Å²) in [6.07, 6.45) is 0.981. The second-order valence-corrected chi connectivity index (χ2v) is 5.05. The summed E-state index contributed by atoms with van der Waals surface area (Å²) in [7, 11) is 0. The number of benzene rings is 1. The van der Waals surface area contributed by atoms with Gasteiger partial charge in [0.15, 0.2) is 0 Å². The molecular formula is C14H21ClF2N2O. The largest absolute Gasteiger partial charge is 0.354 e. The second kappa shape index (κ2) is 8.87. The summed E-state index contributed by atoms with van der Waals surface area (Å²) in [5.74, 6) is -1.11. The summed E-state index contributed by atoms with van der Waals surface area (Å²) in [5, 5.41) is 2.67. The molecule has 1 rings (SSSR count). The fraction of sp³-hybridized carbons (Fsp3) is 0.500. The summed E-state index contributed by atoms with van der Waals surface area (Å²) in [6, 6.07) is 2.79. The second-order valence-electron chi connectivity index (χ2n) is 5.05. The molecule has 3 N–H and O–H groups in total. The first kappa shape index (κ1) is 18.8. The van der Waals surface area contributed by atoms with Crippen molar-refractivity contribution < 1.29 is 13.6 Å². The first-order valence-electron chi connectivity index (χ1n) is 6.36. The summed E-state index contributed by atoms with van der Waals surface area (Å²) >= 11 is 0. The van der Waals surface area contributed by atoms with E-state index in [1.165, 1.54) is 12.1 Å². The Kier molecular flexibility index (Phi) is 8.34. The van der Waals surface area contributed by atoms with E-state index in [0.717, 1.165) is 6.07 Å². The van der Waals surface area contributed by atoms with Crippen molar-refractivity contribution in [2.24, 2.45) is 11.7 Å². The van der Waals surface area contributed by atoms with Crippen molar-refractivity contribution >= 4 is 18.3 Å². The molecule has 0 radical (unpaired) electrons. The first-order valence-corrected chi connectivity index (χ1v) is 6.36. The summed E-state index contributed by atoms with van der Waals surface area (Å²) < 4.78 is 25.9. The number of carbonyl (C=O) groups excluding carboxylic acids is 1. The van der Waals surface area contributed by atoms with E-state index >= 15 is 0 Å². The van der Waals surface area contributed by atoms with Crippen LogP contribution < -0.4 is 11.1 Å². The topological polar surface area (TPSA) is 55.1 Å². The molecule has 0 spiro atoms. The van der Waals surface area contributed by atoms with Crippen molar-refractivity contribution in [3.8, 4) is 0 Å². The third-order valence-corrected chi connectivity index (χ3v) is 2.70. The van der Waals surface area contributed by atoms with Gasteiger partial charge in [-0.2, -0.15) is 0 Å². The molecule has 0 unspecified atom stereocenters. The average Bonchev–Trinajstić information content (AvgIpc) is 2.26. The van der Waals surface area contributed by atoms with Crippen molar-refractivity contribution in [3.63, 3.8) is 0 Å². The van der Waals surface area contributed by atoms with E-state index < -0.39 is 17.7 Å². The zero-order valence-corrected chi connectivity index (χ0v) is 12.5. The Bertz CT molecular complexity index is 421. The van der Waals surface area contributed by atoms with Gasteiger partial charge in [-0.05, 0) is 36.5 Å². The van der Waals surface area contributed by atoms with Crippen LogP contribution in [0.15, 0.2) is 18.2 Å². The Morgan fingerprint density at radius 2 is 1.80 bits per heavy atom. The van der Waals surface area contributed by atoms with Crippen LogP contribution >= 0.6 is 12.4 Å². The summed E-state index contributed by atoms with van der Waals surface area (Å²) in [6.45, 7) is 4.29. The summed E-state index contributed by atoms with van der Waals surface area (Å²) in [4.78, 5) is 11.6. The maximum Gasteiger partial charge on any atom is 0.236 e. The SMILES string of the molecule is CC(C)C[C@H](N)C(=O)NCCc1cc(F)cc(F)c1.Cl. The molecule has 1 atom stereocenters. The van der Waals surface area contributed by atoms with Crippen molar-refractivity contribution in [2.75, 3.05) is 6.54 Å². The maximum atomic E-state index is 12.9. The minimum Gasteiger partial charge on any atom is -0.354 e. The molecule has 20 heavy (non-hydrogen) atoms. The number of amides is 1. The van der Waals surface area contributed by atoms with E-state index in [0.29, 0.717) is 30.9 Å². The van der Waals surface area contributed by atoms with Gasteiger partial charge in [0.1, 0.15) is 11.6 Å². The monoisotopic (exact) mass is 306 g/mol. The molecule has 0 heterocycles. The fourth-order valence-electron chi connectivity index (χ4n) is 1.83. The lowest BCUT2D eigenvalue weighted by molar-refractivity contribution is -0.122. The first-order chi connectivity index (χ1) is 8.88. The highest BCUT2D eigenvalue weighted by atomic mass is 35.5. The van der Waals surface area contributed by atoms with E-state index in [1.54, 1.807) is 0 Å². The van der Waals surface area contributed by atoms with Crippen LogP contribution in [0.25, 0.3) is 0 Å². The van der Waals surface area contributed by atoms with Gasteiger partial charge in [-0.1, -0.05) is 13.8 Å². The van der Waals surface area contributed by atoms with Crippen LogP contribution in [-0.4, -0.2) is 18.5 Å². The number of nitrogens with two attached hydrogens (primary N) is 1. The minimum atomic E-state index is -0.613. The third kappa shape index (κ3) is 6.82. The van der Waals surface area contributed by atoms with Crippen LogP contribution in [0.5, 0.6) is 0 Å². The summed E-state index contributed by atoms with van der Waals surface area (Å²) in [5.41, 5.74) is 6.22. The van der Waals surface area contributed by atoms with E-state index in [1.807, 2.05) is 13.8 Å². The van der Waals surface area contributed by atoms with E-state index in [-0.39, 0.29) is 18.3 Å². The number of hydrogen-bond donors (Lipinski definition) is 2. The van der Waals surface area contributed by atoms with Crippen LogP contribution in [0.3, 0.4) is 0 Å². The van der Waals surface area contributed by atoms with Gasteiger partial charge in [0, 0.05) is 12.6 Å². The Labute approximate surface area is 124 Å². The minimum absolute atomic E-state index is 0. The van der Waals surface area contributed by atoms with Crippen molar-refractivity contribution in [2.45, 2.75) is 32.7 Å². The molecule has 1 amide bonds. The molecule has 114 valence electrons. The number of hydrogen-bond acceptors (Lipinski definition) is 2. The van der Waals surface area contributed by atoms with Gasteiger partial charge in [-0.3, -0.25) is 4.79 Å². The quantitative estimate of drug-likeness (QED) is 0.848. The molecule has 1 aromatic carbocycles. The molecule has 0 aliphatic carbocycles. The van der Waals surface area contributed by atoms with Crippen LogP contribution in [0, 0.1) is 17.6 Å². The van der Waals surface area contributed by atoms with Crippen LogP contribution in [0.2, 0.25) is 0 Å². The lowest BCUT2D eigenvalue weighted by Crippen LogP contribution is -2.42. The highest BCUT2D eigenvalue weighted by Gasteiger charge is 2.14. The zero-order chi connectivity index (χ0) is 14.4. The Morgan fingerprint density at radius 1 is 1.25 bits per heavy atom. The van der Waals surface area contributed by atoms with Gasteiger partial charge in [0.05, 0.1) is 6.04 Å². The molecule has 1 aromatic rings. The van der Waals surface area contributed by atoms with Gasteiger partial charge in [0.2, 0.25) is 5.91 Å². The van der Waals surface area contributed by atoms with Crippen LogP contribution in [0.4, 0.5) is 8.78 Å². The molecule has 6 heteroatoms. The van der Waals surface area contributed by atoms with Crippen LogP contribution in [0.1, 0.15) is 25.8 Å².